The minimum absolute atomic E-state index is 0.0109. The number of rotatable bonds is 9. The van der Waals surface area contributed by atoms with Gasteiger partial charge in [0, 0.05) is 22.3 Å². The minimum atomic E-state index is -1.13. The van der Waals surface area contributed by atoms with E-state index < -0.39 is 36.1 Å². The Kier molecular flexibility index (Phi) is 8.56. The van der Waals surface area contributed by atoms with Crippen LogP contribution in [0.3, 0.4) is 0 Å². The number of methoxy groups -OCH3 is 1. The van der Waals surface area contributed by atoms with Crippen LogP contribution in [-0.2, 0) is 20.9 Å². The van der Waals surface area contributed by atoms with Crippen molar-refractivity contribution in [2.45, 2.75) is 12.6 Å². The zero-order valence-electron chi connectivity index (χ0n) is 22.4. The van der Waals surface area contributed by atoms with Gasteiger partial charge in [0.05, 0.1) is 18.4 Å². The van der Waals surface area contributed by atoms with E-state index in [1.807, 2.05) is 0 Å². The molecule has 42 heavy (non-hydrogen) atoms. The Balaban J connectivity index is 1.54. The number of fused-ring (bicyclic) bond motifs is 1. The van der Waals surface area contributed by atoms with Crippen LogP contribution in [0.1, 0.15) is 27.5 Å². The highest BCUT2D eigenvalue weighted by Gasteiger charge is 2.39. The van der Waals surface area contributed by atoms with Gasteiger partial charge in [-0.05, 0) is 71.8 Å². The van der Waals surface area contributed by atoms with Crippen LogP contribution >= 0.6 is 23.2 Å². The number of nitrogens with one attached hydrogen (secondary N) is 1. The van der Waals surface area contributed by atoms with Crippen LogP contribution in [0, 0.1) is 0 Å². The first-order chi connectivity index (χ1) is 20.2. The molecule has 4 aromatic carbocycles. The van der Waals surface area contributed by atoms with Crippen molar-refractivity contribution in [3.8, 4) is 5.75 Å². The van der Waals surface area contributed by atoms with E-state index in [2.05, 4.69) is 5.32 Å². The van der Waals surface area contributed by atoms with Crippen LogP contribution in [0.2, 0.25) is 10.0 Å². The van der Waals surface area contributed by atoms with Crippen LogP contribution in [0.15, 0.2) is 97.1 Å². The van der Waals surface area contributed by atoms with Crippen molar-refractivity contribution in [2.24, 2.45) is 0 Å². The number of carbonyl (C=O) groups excluding carboxylic acids is 4. The summed E-state index contributed by atoms with van der Waals surface area (Å²) in [7, 11) is 1.54. The molecule has 0 aliphatic carbocycles. The molecule has 1 N–H and O–H groups in total. The lowest BCUT2D eigenvalue weighted by atomic mass is 10.0. The second-order valence-corrected chi connectivity index (χ2v) is 10.4. The number of Topliss-reactive ketones (excluding diaryl/α,β-unsaturated/α-hetero) is 1. The summed E-state index contributed by atoms with van der Waals surface area (Å²) in [5.74, 6) is -1.91. The number of ether oxygens (including phenoxy) is 1. The van der Waals surface area contributed by atoms with E-state index in [-0.39, 0.29) is 12.1 Å². The number of halogens is 2. The Morgan fingerprint density at radius 1 is 0.857 bits per heavy atom. The summed E-state index contributed by atoms with van der Waals surface area (Å²) >= 11 is 12.2. The third kappa shape index (κ3) is 6.15. The first-order valence-corrected chi connectivity index (χ1v) is 13.7. The highest BCUT2D eigenvalue weighted by molar-refractivity contribution is 6.52. The molecule has 1 atom stereocenters. The van der Waals surface area contributed by atoms with Crippen LogP contribution in [0.25, 0.3) is 0 Å². The van der Waals surface area contributed by atoms with Gasteiger partial charge in [-0.25, -0.2) is 0 Å². The Morgan fingerprint density at radius 2 is 1.48 bits per heavy atom. The summed E-state index contributed by atoms with van der Waals surface area (Å²) in [4.78, 5) is 56.1. The summed E-state index contributed by atoms with van der Waals surface area (Å²) in [5, 5.41) is 3.86. The SMILES string of the molecule is COc1ccc(NC(=O)C(c2ccc(Cl)cc2)N(Cc2ccc(Cl)cc2)C(=O)CN2C(=O)C(=O)c3ccccc32)cc1. The number of nitrogens with zero attached hydrogens (tertiary/aromatic N) is 2. The fraction of sp³-hybridized carbons (Fsp3) is 0.125. The number of para-hydroxylation sites is 1. The summed E-state index contributed by atoms with van der Waals surface area (Å²) < 4.78 is 5.21. The molecule has 0 saturated heterocycles. The van der Waals surface area contributed by atoms with E-state index in [1.165, 1.54) is 4.90 Å². The van der Waals surface area contributed by atoms with Crippen molar-refractivity contribution < 1.29 is 23.9 Å². The monoisotopic (exact) mass is 601 g/mol. The van der Waals surface area contributed by atoms with Crippen molar-refractivity contribution in [2.75, 3.05) is 23.9 Å². The predicted octanol–water partition coefficient (Wildman–Crippen LogP) is 5.94. The molecule has 1 unspecified atom stereocenters. The van der Waals surface area contributed by atoms with Gasteiger partial charge < -0.3 is 15.0 Å². The van der Waals surface area contributed by atoms with Crippen molar-refractivity contribution >= 4 is 58.1 Å². The zero-order valence-corrected chi connectivity index (χ0v) is 23.9. The Bertz CT molecular complexity index is 1640. The molecule has 8 nitrogen and oxygen atoms in total. The molecule has 0 radical (unpaired) electrons. The standard InChI is InChI=1S/C32H25Cl2N3O5/c1-42-25-16-14-24(15-17-25)35-31(40)29(21-8-12-23(34)13-9-21)37(18-20-6-10-22(33)11-7-20)28(38)19-36-27-5-3-2-4-26(27)30(39)32(36)41/h2-17,29H,18-19H2,1H3,(H,35,40). The molecule has 1 aliphatic rings. The topological polar surface area (TPSA) is 96.0 Å². The number of ketones is 1. The molecule has 5 rings (SSSR count). The van der Waals surface area contributed by atoms with Crippen LogP contribution in [-0.4, -0.2) is 42.1 Å². The van der Waals surface area contributed by atoms with Gasteiger partial charge >= 0.3 is 0 Å². The first kappa shape index (κ1) is 28.9. The Morgan fingerprint density at radius 3 is 2.12 bits per heavy atom. The first-order valence-electron chi connectivity index (χ1n) is 12.9. The Labute approximate surface area is 252 Å². The number of carbonyl (C=O) groups is 4. The minimum Gasteiger partial charge on any atom is -0.497 e. The van der Waals surface area contributed by atoms with Gasteiger partial charge in [-0.15, -0.1) is 0 Å². The number of benzene rings is 4. The van der Waals surface area contributed by atoms with Crippen molar-refractivity contribution in [1.82, 2.24) is 4.90 Å². The van der Waals surface area contributed by atoms with Gasteiger partial charge in [-0.1, -0.05) is 59.6 Å². The van der Waals surface area contributed by atoms with Crippen molar-refractivity contribution in [1.29, 1.82) is 0 Å². The average molecular weight is 602 g/mol. The maximum absolute atomic E-state index is 14.1. The smallest absolute Gasteiger partial charge is 0.299 e. The molecule has 0 saturated carbocycles. The van der Waals surface area contributed by atoms with Crippen molar-refractivity contribution in [3.05, 3.63) is 124 Å². The summed E-state index contributed by atoms with van der Waals surface area (Å²) in [6.45, 7) is -0.438. The number of amides is 3. The van der Waals surface area contributed by atoms with Crippen LogP contribution < -0.4 is 15.0 Å². The quantitative estimate of drug-likeness (QED) is 0.239. The van der Waals surface area contributed by atoms with E-state index in [0.29, 0.717) is 38.3 Å². The molecule has 0 aromatic heterocycles. The second-order valence-electron chi connectivity index (χ2n) is 9.56. The van der Waals surface area contributed by atoms with Gasteiger partial charge in [-0.3, -0.25) is 24.1 Å². The number of anilines is 2. The highest BCUT2D eigenvalue weighted by atomic mass is 35.5. The van der Waals surface area contributed by atoms with Crippen LogP contribution in [0.4, 0.5) is 11.4 Å². The van der Waals surface area contributed by atoms with Gasteiger partial charge in [-0.2, -0.15) is 0 Å². The number of hydrogen-bond donors (Lipinski definition) is 1. The molecule has 212 valence electrons. The van der Waals surface area contributed by atoms with Gasteiger partial charge in [0.25, 0.3) is 17.6 Å². The van der Waals surface area contributed by atoms with E-state index >= 15 is 0 Å². The lowest BCUT2D eigenvalue weighted by molar-refractivity contribution is -0.139. The van der Waals surface area contributed by atoms with Gasteiger partial charge in [0.1, 0.15) is 18.3 Å². The molecule has 1 heterocycles. The molecule has 0 bridgehead atoms. The summed E-state index contributed by atoms with van der Waals surface area (Å²) in [6, 6.07) is 25.6. The Hall–Kier alpha value is -4.66. The molecule has 1 aliphatic heterocycles. The summed E-state index contributed by atoms with van der Waals surface area (Å²) in [6.07, 6.45) is 0. The fourth-order valence-electron chi connectivity index (χ4n) is 4.74. The van der Waals surface area contributed by atoms with E-state index in [0.717, 1.165) is 4.90 Å². The average Bonchev–Trinajstić information content (AvgIpc) is 3.24. The molecular formula is C32H25Cl2N3O5. The number of hydrogen-bond acceptors (Lipinski definition) is 5. The molecule has 0 spiro atoms. The van der Waals surface area contributed by atoms with E-state index in [1.54, 1.807) is 104 Å². The maximum atomic E-state index is 14.1. The molecule has 10 heteroatoms. The van der Waals surface area contributed by atoms with E-state index in [9.17, 15) is 19.2 Å². The van der Waals surface area contributed by atoms with Crippen LogP contribution in [0.5, 0.6) is 5.75 Å². The third-order valence-corrected chi connectivity index (χ3v) is 7.37. The molecule has 3 amide bonds. The third-order valence-electron chi connectivity index (χ3n) is 6.86. The molecule has 4 aromatic rings. The predicted molar refractivity (Wildman–Crippen MR) is 161 cm³/mol. The normalized spacial score (nSPS) is 13.0. The lowest BCUT2D eigenvalue weighted by Crippen LogP contribution is -2.46. The largest absolute Gasteiger partial charge is 0.497 e. The highest BCUT2D eigenvalue weighted by Crippen LogP contribution is 2.31. The maximum Gasteiger partial charge on any atom is 0.299 e. The molecule has 0 fully saturated rings. The van der Waals surface area contributed by atoms with E-state index in [4.69, 9.17) is 27.9 Å². The summed E-state index contributed by atoms with van der Waals surface area (Å²) in [5.41, 5.74) is 2.27. The van der Waals surface area contributed by atoms with Gasteiger partial charge in [0.2, 0.25) is 5.91 Å². The van der Waals surface area contributed by atoms with Gasteiger partial charge in [0.15, 0.2) is 0 Å². The zero-order chi connectivity index (χ0) is 29.8. The van der Waals surface area contributed by atoms with Crippen molar-refractivity contribution in [3.63, 3.8) is 0 Å². The lowest BCUT2D eigenvalue weighted by Gasteiger charge is -2.33. The second kappa shape index (κ2) is 12.5. The fourth-order valence-corrected chi connectivity index (χ4v) is 5.00. The molecular weight excluding hydrogens is 577 g/mol.